The summed E-state index contributed by atoms with van der Waals surface area (Å²) >= 11 is 0. The molecule has 0 radical (unpaired) electrons. The van der Waals surface area contributed by atoms with Gasteiger partial charge in [-0.1, -0.05) is 6.42 Å². The van der Waals surface area contributed by atoms with E-state index in [2.05, 4.69) is 5.32 Å². The molecule has 1 aromatic carbocycles. The molecule has 0 aromatic heterocycles. The molecule has 0 saturated carbocycles. The van der Waals surface area contributed by atoms with E-state index >= 15 is 0 Å². The van der Waals surface area contributed by atoms with Crippen molar-refractivity contribution in [1.29, 1.82) is 0 Å². The summed E-state index contributed by atoms with van der Waals surface area (Å²) in [6.07, 6.45) is 3.12. The first-order valence-electron chi connectivity index (χ1n) is 6.80. The lowest BCUT2D eigenvalue weighted by Gasteiger charge is -2.11. The summed E-state index contributed by atoms with van der Waals surface area (Å²) in [5.41, 5.74) is 1.06. The minimum atomic E-state index is -0.714. The SMILES string of the molecule is CC(C)Oc1ccc(NCCCCCC(=O)O)cc1. The molecule has 4 nitrogen and oxygen atoms in total. The Morgan fingerprint density at radius 2 is 1.89 bits per heavy atom. The third kappa shape index (κ3) is 7.34. The van der Waals surface area contributed by atoms with E-state index < -0.39 is 5.97 Å². The van der Waals surface area contributed by atoms with E-state index in [1.54, 1.807) is 0 Å². The van der Waals surface area contributed by atoms with Crippen LogP contribution in [0, 0.1) is 0 Å². The molecule has 106 valence electrons. The maximum Gasteiger partial charge on any atom is 0.303 e. The van der Waals surface area contributed by atoms with Crippen LogP contribution in [0.1, 0.15) is 39.5 Å². The maximum absolute atomic E-state index is 10.3. The molecule has 1 rings (SSSR count). The summed E-state index contributed by atoms with van der Waals surface area (Å²) in [5, 5.41) is 11.8. The van der Waals surface area contributed by atoms with Crippen LogP contribution in [-0.4, -0.2) is 23.7 Å². The number of hydrogen-bond donors (Lipinski definition) is 2. The number of ether oxygens (including phenoxy) is 1. The van der Waals surface area contributed by atoms with Gasteiger partial charge in [-0.05, 0) is 51.0 Å². The molecule has 0 amide bonds. The topological polar surface area (TPSA) is 58.6 Å². The van der Waals surface area contributed by atoms with Gasteiger partial charge in [0.25, 0.3) is 0 Å². The molecule has 0 aliphatic rings. The first kappa shape index (κ1) is 15.3. The largest absolute Gasteiger partial charge is 0.491 e. The third-order valence-corrected chi connectivity index (χ3v) is 2.62. The van der Waals surface area contributed by atoms with Crippen LogP contribution in [0.25, 0.3) is 0 Å². The first-order chi connectivity index (χ1) is 9.08. The highest BCUT2D eigenvalue weighted by atomic mass is 16.5. The molecule has 0 unspecified atom stereocenters. The summed E-state index contributed by atoms with van der Waals surface area (Å²) in [7, 11) is 0. The van der Waals surface area contributed by atoms with E-state index in [0.29, 0.717) is 0 Å². The summed E-state index contributed by atoms with van der Waals surface area (Å²) in [4.78, 5) is 10.3. The Morgan fingerprint density at radius 1 is 1.21 bits per heavy atom. The summed E-state index contributed by atoms with van der Waals surface area (Å²) in [6.45, 7) is 4.87. The van der Waals surface area contributed by atoms with Crippen molar-refractivity contribution in [3.63, 3.8) is 0 Å². The highest BCUT2D eigenvalue weighted by Crippen LogP contribution is 2.17. The molecule has 0 fully saturated rings. The minimum Gasteiger partial charge on any atom is -0.491 e. The van der Waals surface area contributed by atoms with Gasteiger partial charge in [-0.15, -0.1) is 0 Å². The van der Waals surface area contributed by atoms with Crippen LogP contribution in [0.5, 0.6) is 5.75 Å². The molecule has 0 spiro atoms. The zero-order valence-corrected chi connectivity index (χ0v) is 11.7. The van der Waals surface area contributed by atoms with Gasteiger partial charge in [-0.2, -0.15) is 0 Å². The number of anilines is 1. The Bertz CT molecular complexity index is 373. The molecule has 0 atom stereocenters. The Kier molecular flexibility index (Phi) is 6.79. The molecule has 0 aliphatic carbocycles. The molecular formula is C15H23NO3. The van der Waals surface area contributed by atoms with E-state index in [0.717, 1.165) is 37.2 Å². The lowest BCUT2D eigenvalue weighted by Crippen LogP contribution is -2.06. The van der Waals surface area contributed by atoms with Crippen molar-refractivity contribution in [2.45, 2.75) is 45.6 Å². The van der Waals surface area contributed by atoms with Gasteiger partial charge in [0.05, 0.1) is 6.10 Å². The van der Waals surface area contributed by atoms with Crippen LogP contribution >= 0.6 is 0 Å². The monoisotopic (exact) mass is 265 g/mol. The molecule has 0 bridgehead atoms. The van der Waals surface area contributed by atoms with Crippen LogP contribution in [-0.2, 0) is 4.79 Å². The fourth-order valence-corrected chi connectivity index (χ4v) is 1.73. The van der Waals surface area contributed by atoms with Gasteiger partial charge in [0.1, 0.15) is 5.75 Å². The third-order valence-electron chi connectivity index (χ3n) is 2.62. The van der Waals surface area contributed by atoms with Gasteiger partial charge >= 0.3 is 5.97 Å². The van der Waals surface area contributed by atoms with Gasteiger partial charge < -0.3 is 15.2 Å². The van der Waals surface area contributed by atoms with E-state index in [9.17, 15) is 4.79 Å². The van der Waals surface area contributed by atoms with Crippen LogP contribution in [0.2, 0.25) is 0 Å². The molecule has 0 aliphatic heterocycles. The van der Waals surface area contributed by atoms with Gasteiger partial charge in [0, 0.05) is 18.7 Å². The number of nitrogens with one attached hydrogen (secondary N) is 1. The number of aliphatic carboxylic acids is 1. The average Bonchev–Trinajstić information content (AvgIpc) is 2.34. The Labute approximate surface area is 114 Å². The van der Waals surface area contributed by atoms with E-state index in [4.69, 9.17) is 9.84 Å². The van der Waals surface area contributed by atoms with Gasteiger partial charge in [-0.25, -0.2) is 0 Å². The highest BCUT2D eigenvalue weighted by molar-refractivity contribution is 5.66. The summed E-state index contributed by atoms with van der Waals surface area (Å²) in [5.74, 6) is 0.163. The van der Waals surface area contributed by atoms with Crippen LogP contribution < -0.4 is 10.1 Å². The average molecular weight is 265 g/mol. The smallest absolute Gasteiger partial charge is 0.303 e. The van der Waals surface area contributed by atoms with Crippen molar-refractivity contribution in [3.05, 3.63) is 24.3 Å². The summed E-state index contributed by atoms with van der Waals surface area (Å²) in [6, 6.07) is 7.89. The number of carboxylic acids is 1. The van der Waals surface area contributed by atoms with Gasteiger partial charge in [0.2, 0.25) is 0 Å². The Morgan fingerprint density at radius 3 is 2.47 bits per heavy atom. The number of carboxylic acid groups (broad SMARTS) is 1. The second kappa shape index (κ2) is 8.40. The lowest BCUT2D eigenvalue weighted by atomic mass is 10.2. The van der Waals surface area contributed by atoms with Crippen molar-refractivity contribution < 1.29 is 14.6 Å². The van der Waals surface area contributed by atoms with Gasteiger partial charge in [0.15, 0.2) is 0 Å². The van der Waals surface area contributed by atoms with Crippen molar-refractivity contribution in [1.82, 2.24) is 0 Å². The number of rotatable bonds is 9. The first-order valence-corrected chi connectivity index (χ1v) is 6.80. The molecule has 1 aromatic rings. The number of benzene rings is 1. The van der Waals surface area contributed by atoms with E-state index in [1.165, 1.54) is 0 Å². The van der Waals surface area contributed by atoms with Gasteiger partial charge in [-0.3, -0.25) is 4.79 Å². The predicted molar refractivity (Wildman–Crippen MR) is 76.8 cm³/mol. The normalized spacial score (nSPS) is 10.5. The number of carbonyl (C=O) groups is 1. The van der Waals surface area contributed by atoms with E-state index in [-0.39, 0.29) is 12.5 Å². The standard InChI is InChI=1S/C15H23NO3/c1-12(2)19-14-9-7-13(8-10-14)16-11-5-3-4-6-15(17)18/h7-10,12,16H,3-6,11H2,1-2H3,(H,17,18). The summed E-state index contributed by atoms with van der Waals surface area (Å²) < 4.78 is 5.57. The second-order valence-electron chi connectivity index (χ2n) is 4.82. The molecule has 0 heterocycles. The zero-order valence-electron chi connectivity index (χ0n) is 11.7. The fraction of sp³-hybridized carbons (Fsp3) is 0.533. The molecule has 19 heavy (non-hydrogen) atoms. The molecule has 4 heteroatoms. The molecular weight excluding hydrogens is 242 g/mol. The zero-order chi connectivity index (χ0) is 14.1. The van der Waals surface area contributed by atoms with Crippen molar-refractivity contribution in [3.8, 4) is 5.75 Å². The fourth-order valence-electron chi connectivity index (χ4n) is 1.73. The number of unbranched alkanes of at least 4 members (excludes halogenated alkanes) is 2. The van der Waals surface area contributed by atoms with E-state index in [1.807, 2.05) is 38.1 Å². The van der Waals surface area contributed by atoms with Crippen molar-refractivity contribution in [2.24, 2.45) is 0 Å². The Balaban J connectivity index is 2.17. The second-order valence-corrected chi connectivity index (χ2v) is 4.82. The lowest BCUT2D eigenvalue weighted by molar-refractivity contribution is -0.137. The predicted octanol–water partition coefficient (Wildman–Crippen LogP) is 3.53. The highest BCUT2D eigenvalue weighted by Gasteiger charge is 1.98. The minimum absolute atomic E-state index is 0.188. The van der Waals surface area contributed by atoms with Crippen LogP contribution in [0.3, 0.4) is 0 Å². The van der Waals surface area contributed by atoms with Crippen LogP contribution in [0.4, 0.5) is 5.69 Å². The number of hydrogen-bond acceptors (Lipinski definition) is 3. The Hall–Kier alpha value is -1.71. The molecule has 0 saturated heterocycles. The van der Waals surface area contributed by atoms with Crippen molar-refractivity contribution >= 4 is 11.7 Å². The van der Waals surface area contributed by atoms with Crippen molar-refractivity contribution in [2.75, 3.05) is 11.9 Å². The van der Waals surface area contributed by atoms with Crippen LogP contribution in [0.15, 0.2) is 24.3 Å². The molecule has 2 N–H and O–H groups in total. The maximum atomic E-state index is 10.3. The quantitative estimate of drug-likeness (QED) is 0.671.